The van der Waals surface area contributed by atoms with Crippen LogP contribution in [-0.4, -0.2) is 47.0 Å². The minimum Gasteiger partial charge on any atom is -0.353 e. The summed E-state index contributed by atoms with van der Waals surface area (Å²) in [5, 5.41) is 0. The molecule has 1 saturated carbocycles. The van der Waals surface area contributed by atoms with Gasteiger partial charge in [-0.3, -0.25) is 9.78 Å². The minimum absolute atomic E-state index is 0.303. The molecular weight excluding hydrogens is 240 g/mol. The number of hydrogen-bond acceptors (Lipinski definition) is 4. The topological polar surface area (TPSA) is 49.3 Å². The van der Waals surface area contributed by atoms with Crippen molar-refractivity contribution in [2.75, 3.05) is 25.0 Å². The molecule has 0 radical (unpaired) electrons. The molecule has 1 aliphatic heterocycles. The van der Waals surface area contributed by atoms with Gasteiger partial charge in [-0.1, -0.05) is 0 Å². The third-order valence-electron chi connectivity index (χ3n) is 4.09. The van der Waals surface area contributed by atoms with Crippen LogP contribution in [0.5, 0.6) is 0 Å². The number of piperidine rings is 1. The standard InChI is InChI=1S/C14H20N4O/c1-17(14(19)11-4-5-11)12-3-2-8-18(10-12)13-9-15-6-7-16-13/h6-7,9,11-12H,2-5,8,10H2,1H3. The lowest BCUT2D eigenvalue weighted by molar-refractivity contribution is -0.133. The van der Waals surface area contributed by atoms with Gasteiger partial charge in [0.05, 0.1) is 6.20 Å². The van der Waals surface area contributed by atoms with Gasteiger partial charge in [-0.2, -0.15) is 0 Å². The fourth-order valence-electron chi connectivity index (χ4n) is 2.73. The van der Waals surface area contributed by atoms with Crippen molar-refractivity contribution in [1.82, 2.24) is 14.9 Å². The lowest BCUT2D eigenvalue weighted by atomic mass is 10.0. The first-order valence-electron chi connectivity index (χ1n) is 7.03. The maximum Gasteiger partial charge on any atom is 0.225 e. The van der Waals surface area contributed by atoms with Gasteiger partial charge in [0.1, 0.15) is 5.82 Å². The number of nitrogens with zero attached hydrogens (tertiary/aromatic N) is 4. The fraction of sp³-hybridized carbons (Fsp3) is 0.643. The molecule has 0 bridgehead atoms. The third-order valence-corrected chi connectivity index (χ3v) is 4.09. The molecule has 2 fully saturated rings. The molecule has 1 aromatic heterocycles. The number of rotatable bonds is 3. The van der Waals surface area contributed by atoms with Gasteiger partial charge in [-0.25, -0.2) is 4.98 Å². The number of hydrogen-bond donors (Lipinski definition) is 0. The van der Waals surface area contributed by atoms with Crippen LogP contribution >= 0.6 is 0 Å². The Bertz CT molecular complexity index is 446. The maximum atomic E-state index is 12.1. The highest BCUT2D eigenvalue weighted by atomic mass is 16.2. The summed E-state index contributed by atoms with van der Waals surface area (Å²) in [5.74, 6) is 1.54. The Morgan fingerprint density at radius 3 is 2.89 bits per heavy atom. The van der Waals surface area contributed by atoms with Crippen LogP contribution < -0.4 is 4.90 Å². The zero-order chi connectivity index (χ0) is 13.2. The van der Waals surface area contributed by atoms with E-state index in [9.17, 15) is 4.79 Å². The zero-order valence-corrected chi connectivity index (χ0v) is 11.3. The number of carbonyl (C=O) groups excluding carboxylic acids is 1. The summed E-state index contributed by atoms with van der Waals surface area (Å²) in [7, 11) is 1.95. The molecule has 0 spiro atoms. The molecule has 1 aromatic rings. The summed E-state index contributed by atoms with van der Waals surface area (Å²) in [6.07, 6.45) is 9.54. The van der Waals surface area contributed by atoms with Crippen molar-refractivity contribution in [3.63, 3.8) is 0 Å². The quantitative estimate of drug-likeness (QED) is 0.822. The molecule has 1 unspecified atom stereocenters. The van der Waals surface area contributed by atoms with Gasteiger partial charge >= 0.3 is 0 Å². The Kier molecular flexibility index (Phi) is 3.36. The summed E-state index contributed by atoms with van der Waals surface area (Å²) in [6, 6.07) is 0.309. The van der Waals surface area contributed by atoms with Crippen molar-refractivity contribution in [1.29, 1.82) is 0 Å². The van der Waals surface area contributed by atoms with Gasteiger partial charge in [0.15, 0.2) is 0 Å². The van der Waals surface area contributed by atoms with E-state index in [1.54, 1.807) is 18.6 Å². The Labute approximate surface area is 113 Å². The summed E-state index contributed by atoms with van der Waals surface area (Å²) in [6.45, 7) is 1.87. The van der Waals surface area contributed by atoms with Crippen molar-refractivity contribution in [2.45, 2.75) is 31.7 Å². The van der Waals surface area contributed by atoms with Crippen LogP contribution in [-0.2, 0) is 4.79 Å². The summed E-state index contributed by atoms with van der Waals surface area (Å²) >= 11 is 0. The predicted molar refractivity (Wildman–Crippen MR) is 72.8 cm³/mol. The molecule has 5 heteroatoms. The molecule has 3 rings (SSSR count). The van der Waals surface area contributed by atoms with Crippen molar-refractivity contribution in [2.24, 2.45) is 5.92 Å². The van der Waals surface area contributed by atoms with Gasteiger partial charge in [0, 0.05) is 44.5 Å². The van der Waals surface area contributed by atoms with Crippen molar-refractivity contribution >= 4 is 11.7 Å². The van der Waals surface area contributed by atoms with E-state index in [1.165, 1.54) is 0 Å². The molecule has 5 nitrogen and oxygen atoms in total. The molecule has 1 saturated heterocycles. The highest BCUT2D eigenvalue weighted by Gasteiger charge is 2.35. The average Bonchev–Trinajstić information content (AvgIpc) is 3.31. The Morgan fingerprint density at radius 2 is 2.21 bits per heavy atom. The maximum absolute atomic E-state index is 12.1. The second-order valence-corrected chi connectivity index (χ2v) is 5.53. The van der Waals surface area contributed by atoms with E-state index in [0.717, 1.165) is 44.6 Å². The van der Waals surface area contributed by atoms with Crippen LogP contribution in [0.4, 0.5) is 5.82 Å². The molecular formula is C14H20N4O. The fourth-order valence-corrected chi connectivity index (χ4v) is 2.73. The average molecular weight is 260 g/mol. The molecule has 2 aliphatic rings. The number of aromatic nitrogens is 2. The lowest BCUT2D eigenvalue weighted by Gasteiger charge is -2.38. The first-order chi connectivity index (χ1) is 9.25. The molecule has 102 valence electrons. The van der Waals surface area contributed by atoms with E-state index < -0.39 is 0 Å². The Balaban J connectivity index is 1.66. The van der Waals surface area contributed by atoms with E-state index in [2.05, 4.69) is 14.9 Å². The van der Waals surface area contributed by atoms with E-state index >= 15 is 0 Å². The summed E-state index contributed by atoms with van der Waals surface area (Å²) in [4.78, 5) is 24.8. The van der Waals surface area contributed by atoms with Crippen LogP contribution in [0.1, 0.15) is 25.7 Å². The van der Waals surface area contributed by atoms with E-state index in [0.29, 0.717) is 17.9 Å². The van der Waals surface area contributed by atoms with Crippen molar-refractivity contribution < 1.29 is 4.79 Å². The summed E-state index contributed by atoms with van der Waals surface area (Å²) in [5.41, 5.74) is 0. The Hall–Kier alpha value is -1.65. The molecule has 19 heavy (non-hydrogen) atoms. The van der Waals surface area contributed by atoms with Crippen LogP contribution in [0.25, 0.3) is 0 Å². The van der Waals surface area contributed by atoms with E-state index in [-0.39, 0.29) is 0 Å². The Morgan fingerprint density at radius 1 is 1.37 bits per heavy atom. The second-order valence-electron chi connectivity index (χ2n) is 5.53. The SMILES string of the molecule is CN(C(=O)C1CC1)C1CCCN(c2cnccn2)C1. The number of carbonyl (C=O) groups is 1. The van der Waals surface area contributed by atoms with Gasteiger partial charge < -0.3 is 9.80 Å². The zero-order valence-electron chi connectivity index (χ0n) is 11.3. The molecule has 1 atom stereocenters. The van der Waals surface area contributed by atoms with Gasteiger partial charge in [0.25, 0.3) is 0 Å². The number of anilines is 1. The second kappa shape index (κ2) is 5.15. The highest BCUT2D eigenvalue weighted by Crippen LogP contribution is 2.32. The lowest BCUT2D eigenvalue weighted by Crippen LogP contribution is -2.49. The number of amides is 1. The van der Waals surface area contributed by atoms with Crippen LogP contribution in [0.15, 0.2) is 18.6 Å². The van der Waals surface area contributed by atoms with Crippen LogP contribution in [0.2, 0.25) is 0 Å². The molecule has 0 N–H and O–H groups in total. The molecule has 2 heterocycles. The monoisotopic (exact) mass is 260 g/mol. The number of likely N-dealkylation sites (N-methyl/N-ethyl adjacent to an activating group) is 1. The van der Waals surface area contributed by atoms with Gasteiger partial charge in [-0.05, 0) is 25.7 Å². The predicted octanol–water partition coefficient (Wildman–Crippen LogP) is 1.31. The smallest absolute Gasteiger partial charge is 0.225 e. The highest BCUT2D eigenvalue weighted by molar-refractivity contribution is 5.81. The van der Waals surface area contributed by atoms with Crippen molar-refractivity contribution in [3.05, 3.63) is 18.6 Å². The molecule has 1 aliphatic carbocycles. The largest absolute Gasteiger partial charge is 0.353 e. The minimum atomic E-state index is 0.303. The first-order valence-corrected chi connectivity index (χ1v) is 7.03. The van der Waals surface area contributed by atoms with Gasteiger partial charge in [-0.15, -0.1) is 0 Å². The molecule has 1 amide bonds. The third kappa shape index (κ3) is 2.69. The van der Waals surface area contributed by atoms with E-state index in [4.69, 9.17) is 0 Å². The van der Waals surface area contributed by atoms with E-state index in [1.807, 2.05) is 11.9 Å². The van der Waals surface area contributed by atoms with Crippen LogP contribution in [0, 0.1) is 5.92 Å². The van der Waals surface area contributed by atoms with Crippen molar-refractivity contribution in [3.8, 4) is 0 Å². The normalized spacial score (nSPS) is 23.2. The molecule has 0 aromatic carbocycles. The van der Waals surface area contributed by atoms with Crippen LogP contribution in [0.3, 0.4) is 0 Å². The first kappa shape index (κ1) is 12.4. The van der Waals surface area contributed by atoms with Gasteiger partial charge in [0.2, 0.25) is 5.91 Å². The summed E-state index contributed by atoms with van der Waals surface area (Å²) < 4.78 is 0.